The van der Waals surface area contributed by atoms with Crippen LogP contribution in [-0.2, 0) is 55.4 Å². The molecule has 0 bridgehead atoms. The molecule has 0 aliphatic heterocycles. The van der Waals surface area contributed by atoms with Gasteiger partial charge in [-0.25, -0.2) is 13.8 Å². The second-order valence-electron chi connectivity index (χ2n) is 30.2. The van der Waals surface area contributed by atoms with Gasteiger partial charge in [0.2, 0.25) is 5.88 Å². The Morgan fingerprint density at radius 2 is 0.945 bits per heavy atom. The number of halogens is 6. The number of pyridine rings is 3. The summed E-state index contributed by atoms with van der Waals surface area (Å²) in [5.74, 6) is 1.93. The first kappa shape index (κ1) is 82.6. The number of methoxy groups -OCH3 is 2. The maximum Gasteiger partial charge on any atom is 0.416 e. The first-order valence-corrected chi connectivity index (χ1v) is 31.6. The summed E-state index contributed by atoms with van der Waals surface area (Å²) in [6, 6.07) is 37.9. The third-order valence-corrected chi connectivity index (χ3v) is 13.8. The summed E-state index contributed by atoms with van der Waals surface area (Å²) in [7, 11) is 3.21. The van der Waals surface area contributed by atoms with Crippen molar-refractivity contribution in [2.75, 3.05) is 20.8 Å². The Kier molecular flexibility index (Phi) is 32.9. The fourth-order valence-electron chi connectivity index (χ4n) is 7.75. The molecule has 3 heterocycles. The molecule has 0 saturated heterocycles. The number of hydrogen-bond acceptors (Lipinski definition) is 7. The molecule has 7 rings (SSSR count). The zero-order chi connectivity index (χ0) is 70.1. The Morgan fingerprint density at radius 3 is 1.32 bits per heavy atom. The van der Waals surface area contributed by atoms with E-state index in [4.69, 9.17) is 30.5 Å². The lowest BCUT2D eigenvalue weighted by atomic mass is 9.86. The Morgan fingerprint density at radius 1 is 0.451 bits per heavy atom. The molecule has 0 aliphatic rings. The lowest BCUT2D eigenvalue weighted by molar-refractivity contribution is -0.137. The van der Waals surface area contributed by atoms with Crippen LogP contribution in [0.25, 0.3) is 0 Å². The zero-order valence-electron chi connectivity index (χ0n) is 60.2. The Labute approximate surface area is 551 Å². The van der Waals surface area contributed by atoms with Crippen molar-refractivity contribution in [1.29, 1.82) is 0 Å². The second-order valence-corrected chi connectivity index (χ2v) is 30.7. The van der Waals surface area contributed by atoms with E-state index in [-0.39, 0.29) is 55.6 Å². The molecule has 0 saturated carbocycles. The van der Waals surface area contributed by atoms with Crippen molar-refractivity contribution in [3.05, 3.63) is 213 Å². The fraction of sp³-hybridized carbons (Fsp3) is 0.500. The molecule has 0 radical (unpaired) electrons. The van der Waals surface area contributed by atoms with Crippen LogP contribution < -0.4 is 14.2 Å². The van der Waals surface area contributed by atoms with E-state index in [0.29, 0.717) is 29.4 Å². The van der Waals surface area contributed by atoms with Crippen molar-refractivity contribution in [2.45, 2.75) is 230 Å². The SMILES string of the molecule is CC(C)(C)c1cccc(C(F)(F)F)c1.CC(C)(C)c1ccccc1Cl.CC(C)(C)c1ccccn1.CC(C)COc1ccc(C(C)(C)C)cn1.CC(C)Oc1ccc(C(C)(C)C)cc1F.COCc1ccc(C(C)(C)C)cc1F.COc1ccc(C(C)(C)C)nc1. The van der Waals surface area contributed by atoms with Gasteiger partial charge < -0.3 is 18.9 Å². The number of rotatable bonds is 8. The highest BCUT2D eigenvalue weighted by molar-refractivity contribution is 6.31. The number of alkyl halides is 3. The van der Waals surface area contributed by atoms with Crippen molar-refractivity contribution in [3.8, 4) is 17.4 Å². The Hall–Kier alpha value is -6.37. The van der Waals surface area contributed by atoms with E-state index in [1.807, 2.05) is 108 Å². The number of aromatic nitrogens is 3. The largest absolute Gasteiger partial charge is 0.495 e. The van der Waals surface area contributed by atoms with Crippen molar-refractivity contribution >= 4 is 11.6 Å². The molecule has 504 valence electrons. The van der Waals surface area contributed by atoms with E-state index in [9.17, 15) is 22.0 Å². The minimum atomic E-state index is -4.25. The molecular weight excluding hydrogens is 1170 g/mol. The smallest absolute Gasteiger partial charge is 0.416 e. The molecule has 0 atom stereocenters. The van der Waals surface area contributed by atoms with Crippen LogP contribution in [0.5, 0.6) is 17.4 Å². The molecule has 3 aromatic heterocycles. The first-order valence-electron chi connectivity index (χ1n) is 31.2. The van der Waals surface area contributed by atoms with Gasteiger partial charge in [0.15, 0.2) is 11.6 Å². The van der Waals surface area contributed by atoms with Crippen LogP contribution in [0.4, 0.5) is 22.0 Å². The van der Waals surface area contributed by atoms with Gasteiger partial charge in [-0.05, 0) is 129 Å². The van der Waals surface area contributed by atoms with Crippen LogP contribution in [-0.4, -0.2) is 41.9 Å². The minimum Gasteiger partial charge on any atom is -0.495 e. The van der Waals surface area contributed by atoms with Crippen molar-refractivity contribution in [3.63, 3.8) is 0 Å². The molecule has 0 aliphatic carbocycles. The van der Waals surface area contributed by atoms with E-state index in [1.165, 1.54) is 23.3 Å². The van der Waals surface area contributed by atoms with Crippen LogP contribution in [0.3, 0.4) is 0 Å². The van der Waals surface area contributed by atoms with Crippen LogP contribution in [0.2, 0.25) is 5.02 Å². The number of benzene rings is 4. The summed E-state index contributed by atoms with van der Waals surface area (Å²) in [6.07, 6.45) is 1.23. The number of nitrogens with zero attached hydrogens (tertiary/aromatic N) is 3. The van der Waals surface area contributed by atoms with Crippen LogP contribution in [0.1, 0.15) is 223 Å². The van der Waals surface area contributed by atoms with Gasteiger partial charge in [-0.2, -0.15) is 13.2 Å². The average molecular weight is 1290 g/mol. The second kappa shape index (κ2) is 36.2. The zero-order valence-corrected chi connectivity index (χ0v) is 60.9. The molecule has 4 aromatic carbocycles. The van der Waals surface area contributed by atoms with E-state index in [1.54, 1.807) is 50.7 Å². The molecule has 7 nitrogen and oxygen atoms in total. The van der Waals surface area contributed by atoms with E-state index >= 15 is 0 Å². The standard InChI is InChI=1S/C13H19FO.C13H21NO.C12H17FO.C11H13F3.C10H13Cl.C10H15NO.C9H13N/c1-9(2)15-12-7-6-10(8-11(12)14)13(3,4)5;1-10(2)9-15-12-7-6-11(8-14-12)13(3,4)5;1-12(2,3)10-6-5-9(8-14-4)11(13)7-10;1-10(2,3)8-5-4-6-9(7-8)11(12,13)14;1-10(2,3)8-6-4-5-7-9(8)11;1-10(2,3)9-6-5-8(12-4)7-11-9;1-9(2,3)8-6-4-5-7-10-8/h6-9H,1-5H3;6-8,10H,9H2,1-5H3;5-7H,8H2,1-4H3;4-7H,1-3H3;4-7H,1-3H3;5-7H,1-4H3;4-7H,1-3H3. The van der Waals surface area contributed by atoms with Crippen LogP contribution in [0, 0.1) is 17.6 Å². The van der Waals surface area contributed by atoms with E-state index < -0.39 is 11.7 Å². The maximum absolute atomic E-state index is 13.6. The summed E-state index contributed by atoms with van der Waals surface area (Å²) in [6.45, 7) is 53.1. The summed E-state index contributed by atoms with van der Waals surface area (Å²) < 4.78 is 84.9. The normalized spacial score (nSPS) is 11.9. The molecule has 0 spiro atoms. The molecule has 0 fully saturated rings. The van der Waals surface area contributed by atoms with Gasteiger partial charge in [-0.1, -0.05) is 238 Å². The van der Waals surface area contributed by atoms with E-state index in [0.717, 1.165) is 51.8 Å². The highest BCUT2D eigenvalue weighted by Crippen LogP contribution is 2.34. The minimum absolute atomic E-state index is 0.0000123. The number of ether oxygens (including phenoxy) is 4. The van der Waals surface area contributed by atoms with Gasteiger partial charge in [-0.15, -0.1) is 0 Å². The lowest BCUT2D eigenvalue weighted by Gasteiger charge is -2.20. The summed E-state index contributed by atoms with van der Waals surface area (Å²) in [4.78, 5) is 12.8. The monoisotopic (exact) mass is 1280 g/mol. The summed E-state index contributed by atoms with van der Waals surface area (Å²) >= 11 is 6.01. The van der Waals surface area contributed by atoms with Crippen molar-refractivity contribution in [1.82, 2.24) is 15.0 Å². The van der Waals surface area contributed by atoms with Gasteiger partial charge >= 0.3 is 6.18 Å². The molecule has 0 unspecified atom stereocenters. The predicted octanol–water partition coefficient (Wildman–Crippen LogP) is 23.0. The molecule has 7 aromatic rings. The lowest BCUT2D eigenvalue weighted by Crippen LogP contribution is -2.13. The predicted molar refractivity (Wildman–Crippen MR) is 373 cm³/mol. The Bertz CT molecular complexity index is 3140. The summed E-state index contributed by atoms with van der Waals surface area (Å²) in [5.41, 5.74) is 7.73. The molecular formula is C78H111ClF5N3O4. The highest BCUT2D eigenvalue weighted by atomic mass is 35.5. The molecule has 91 heavy (non-hydrogen) atoms. The summed E-state index contributed by atoms with van der Waals surface area (Å²) in [5, 5.41) is 0.861. The van der Waals surface area contributed by atoms with Gasteiger partial charge in [0, 0.05) is 58.4 Å². The third kappa shape index (κ3) is 32.7. The average Bonchev–Trinajstić information content (AvgIpc) is 1.46. The third-order valence-electron chi connectivity index (χ3n) is 13.5. The van der Waals surface area contributed by atoms with Gasteiger partial charge in [-0.3, -0.25) is 9.97 Å². The quantitative estimate of drug-likeness (QED) is 0.140. The number of hydrogen-bond donors (Lipinski definition) is 0. The Balaban J connectivity index is 0.000000533. The van der Waals surface area contributed by atoms with Crippen molar-refractivity contribution < 1.29 is 40.9 Å². The van der Waals surface area contributed by atoms with Gasteiger partial charge in [0.25, 0.3) is 0 Å². The molecule has 0 amide bonds. The van der Waals surface area contributed by atoms with Crippen LogP contribution >= 0.6 is 11.6 Å². The topological polar surface area (TPSA) is 75.6 Å². The first-order chi connectivity index (χ1) is 41.5. The molecule has 13 heteroatoms. The fourth-order valence-corrected chi connectivity index (χ4v) is 8.17. The molecule has 0 N–H and O–H groups in total. The van der Waals surface area contributed by atoms with Crippen molar-refractivity contribution in [2.24, 2.45) is 5.92 Å². The van der Waals surface area contributed by atoms with E-state index in [2.05, 4.69) is 172 Å². The van der Waals surface area contributed by atoms with Gasteiger partial charge in [0.1, 0.15) is 11.6 Å². The van der Waals surface area contributed by atoms with Gasteiger partial charge in [0.05, 0.1) is 38.2 Å². The highest BCUT2D eigenvalue weighted by Gasteiger charge is 2.31. The van der Waals surface area contributed by atoms with Crippen LogP contribution in [0.15, 0.2) is 146 Å². The maximum atomic E-state index is 13.6.